The first-order chi connectivity index (χ1) is 14.6. The molecule has 0 saturated carbocycles. The van der Waals surface area contributed by atoms with Crippen LogP contribution < -0.4 is 20.1 Å². The first kappa shape index (κ1) is 22.1. The number of hydrogen-bond acceptors (Lipinski definition) is 6. The second kappa shape index (κ2) is 9.07. The number of anilines is 1. The van der Waals surface area contributed by atoms with Crippen LogP contribution >= 0.6 is 0 Å². The quantitative estimate of drug-likeness (QED) is 0.689. The molecule has 31 heavy (non-hydrogen) atoms. The lowest BCUT2D eigenvalue weighted by Gasteiger charge is -2.19. The summed E-state index contributed by atoms with van der Waals surface area (Å²) >= 11 is 0. The molecule has 0 radical (unpaired) electrons. The molecule has 8 nitrogen and oxygen atoms in total. The molecule has 1 aliphatic rings. The smallest absolute Gasteiger partial charge is 0.326 e. The second-order valence-electron chi connectivity index (χ2n) is 8.20. The maximum absolute atomic E-state index is 12.3. The van der Waals surface area contributed by atoms with Gasteiger partial charge in [-0.25, -0.2) is 0 Å². The highest BCUT2D eigenvalue weighted by atomic mass is 16.7. The molecule has 2 aromatic carbocycles. The van der Waals surface area contributed by atoms with Crippen LogP contribution in [0.5, 0.6) is 11.5 Å². The molecule has 1 heterocycles. The number of carbonyl (C=O) groups excluding carboxylic acids is 3. The maximum Gasteiger partial charge on any atom is 0.326 e. The van der Waals surface area contributed by atoms with E-state index in [1.165, 1.54) is 13.0 Å². The van der Waals surface area contributed by atoms with Crippen molar-refractivity contribution in [2.24, 2.45) is 0 Å². The predicted molar refractivity (Wildman–Crippen MR) is 114 cm³/mol. The van der Waals surface area contributed by atoms with Gasteiger partial charge in [-0.2, -0.15) is 0 Å². The highest BCUT2D eigenvalue weighted by molar-refractivity contribution is 5.97. The Morgan fingerprint density at radius 3 is 2.39 bits per heavy atom. The van der Waals surface area contributed by atoms with Gasteiger partial charge in [0, 0.05) is 11.3 Å². The van der Waals surface area contributed by atoms with Gasteiger partial charge in [-0.3, -0.25) is 14.4 Å². The summed E-state index contributed by atoms with van der Waals surface area (Å²) in [6.07, 6.45) is -1.02. The summed E-state index contributed by atoms with van der Waals surface area (Å²) in [5.41, 5.74) is 2.08. The number of amides is 2. The van der Waals surface area contributed by atoms with Crippen molar-refractivity contribution in [3.8, 4) is 11.5 Å². The molecule has 2 amide bonds. The lowest BCUT2D eigenvalue weighted by atomic mass is 9.87. The molecule has 0 bridgehead atoms. The van der Waals surface area contributed by atoms with Gasteiger partial charge in [0.2, 0.25) is 6.79 Å². The van der Waals surface area contributed by atoms with E-state index in [1.54, 1.807) is 24.3 Å². The third-order valence-electron chi connectivity index (χ3n) is 4.72. The fraction of sp³-hybridized carbons (Fsp3) is 0.348. The molecule has 0 spiro atoms. The Labute approximate surface area is 180 Å². The van der Waals surface area contributed by atoms with Crippen molar-refractivity contribution in [2.45, 2.75) is 39.2 Å². The van der Waals surface area contributed by atoms with Crippen LogP contribution in [0.15, 0.2) is 42.5 Å². The highest BCUT2D eigenvalue weighted by Gasteiger charge is 2.20. The zero-order chi connectivity index (χ0) is 22.6. The van der Waals surface area contributed by atoms with Crippen LogP contribution in [0.4, 0.5) is 5.69 Å². The van der Waals surface area contributed by atoms with Gasteiger partial charge in [-0.1, -0.05) is 32.9 Å². The Bertz CT molecular complexity index is 979. The molecule has 3 rings (SSSR count). The Balaban J connectivity index is 1.46. The van der Waals surface area contributed by atoms with E-state index < -0.39 is 23.9 Å². The van der Waals surface area contributed by atoms with Crippen molar-refractivity contribution < 1.29 is 28.6 Å². The number of rotatable bonds is 6. The van der Waals surface area contributed by atoms with E-state index in [-0.39, 0.29) is 18.8 Å². The lowest BCUT2D eigenvalue weighted by Crippen LogP contribution is -2.35. The average Bonchev–Trinajstić information content (AvgIpc) is 3.19. The van der Waals surface area contributed by atoms with Crippen molar-refractivity contribution >= 4 is 23.5 Å². The molecular weight excluding hydrogens is 400 g/mol. The van der Waals surface area contributed by atoms with Crippen molar-refractivity contribution in [2.75, 3.05) is 18.7 Å². The molecule has 1 unspecified atom stereocenters. The van der Waals surface area contributed by atoms with Gasteiger partial charge in [0.25, 0.3) is 11.8 Å². The van der Waals surface area contributed by atoms with Crippen LogP contribution in [0.3, 0.4) is 0 Å². The van der Waals surface area contributed by atoms with Crippen LogP contribution in [-0.2, 0) is 19.7 Å². The number of fused-ring (bicyclic) bond motifs is 1. The SMILES string of the molecule is CC(OC(=O)CNC(=O)c1ccc2c(c1)OCO2)C(=O)Nc1ccc(C(C)(C)C)cc1. The lowest BCUT2D eigenvalue weighted by molar-refractivity contribution is -0.152. The summed E-state index contributed by atoms with van der Waals surface area (Å²) in [4.78, 5) is 36.5. The van der Waals surface area contributed by atoms with Crippen LogP contribution in [0.25, 0.3) is 0 Å². The van der Waals surface area contributed by atoms with E-state index in [0.29, 0.717) is 22.7 Å². The number of benzene rings is 2. The first-order valence-electron chi connectivity index (χ1n) is 9.92. The Kier molecular flexibility index (Phi) is 6.48. The summed E-state index contributed by atoms with van der Waals surface area (Å²) < 4.78 is 15.5. The molecule has 164 valence electrons. The minimum Gasteiger partial charge on any atom is -0.454 e. The van der Waals surface area contributed by atoms with E-state index in [9.17, 15) is 14.4 Å². The zero-order valence-electron chi connectivity index (χ0n) is 18.0. The fourth-order valence-electron chi connectivity index (χ4n) is 2.88. The third-order valence-corrected chi connectivity index (χ3v) is 4.72. The third kappa shape index (κ3) is 5.75. The maximum atomic E-state index is 12.3. The van der Waals surface area contributed by atoms with Crippen LogP contribution in [-0.4, -0.2) is 37.2 Å². The minimum absolute atomic E-state index is 0.0103. The molecule has 1 aliphatic heterocycles. The van der Waals surface area contributed by atoms with Gasteiger partial charge in [-0.05, 0) is 48.2 Å². The molecule has 2 aromatic rings. The monoisotopic (exact) mass is 426 g/mol. The number of ether oxygens (including phenoxy) is 3. The second-order valence-corrected chi connectivity index (χ2v) is 8.20. The average molecular weight is 426 g/mol. The van der Waals surface area contributed by atoms with Gasteiger partial charge in [0.15, 0.2) is 17.6 Å². The summed E-state index contributed by atoms with van der Waals surface area (Å²) in [6.45, 7) is 7.52. The van der Waals surface area contributed by atoms with E-state index in [2.05, 4.69) is 31.4 Å². The predicted octanol–water partition coefficient (Wildman–Crippen LogP) is 3.01. The molecule has 0 fully saturated rings. The van der Waals surface area contributed by atoms with E-state index in [0.717, 1.165) is 5.56 Å². The molecule has 0 aromatic heterocycles. The van der Waals surface area contributed by atoms with Crippen LogP contribution in [0, 0.1) is 0 Å². The van der Waals surface area contributed by atoms with Crippen LogP contribution in [0.2, 0.25) is 0 Å². The summed E-state index contributed by atoms with van der Waals surface area (Å²) in [7, 11) is 0. The molecule has 1 atom stereocenters. The largest absolute Gasteiger partial charge is 0.454 e. The zero-order valence-corrected chi connectivity index (χ0v) is 18.0. The minimum atomic E-state index is -1.02. The van der Waals surface area contributed by atoms with Gasteiger partial charge in [0.05, 0.1) is 0 Å². The number of hydrogen-bond donors (Lipinski definition) is 2. The molecule has 2 N–H and O–H groups in total. The van der Waals surface area contributed by atoms with Gasteiger partial charge in [-0.15, -0.1) is 0 Å². The van der Waals surface area contributed by atoms with Crippen molar-refractivity contribution in [1.29, 1.82) is 0 Å². The van der Waals surface area contributed by atoms with Crippen molar-refractivity contribution in [3.63, 3.8) is 0 Å². The van der Waals surface area contributed by atoms with E-state index >= 15 is 0 Å². The molecule has 0 aliphatic carbocycles. The summed E-state index contributed by atoms with van der Waals surface area (Å²) in [5.74, 6) is -0.620. The molecule has 0 saturated heterocycles. The molecular formula is C23H26N2O6. The fourth-order valence-corrected chi connectivity index (χ4v) is 2.88. The number of nitrogens with one attached hydrogen (secondary N) is 2. The summed E-state index contributed by atoms with van der Waals surface area (Å²) in [6, 6.07) is 12.2. The van der Waals surface area contributed by atoms with Gasteiger partial charge < -0.3 is 24.8 Å². The van der Waals surface area contributed by atoms with Gasteiger partial charge >= 0.3 is 5.97 Å². The Morgan fingerprint density at radius 1 is 1.03 bits per heavy atom. The topological polar surface area (TPSA) is 103 Å². The van der Waals surface area contributed by atoms with Crippen molar-refractivity contribution in [3.05, 3.63) is 53.6 Å². The van der Waals surface area contributed by atoms with Crippen molar-refractivity contribution in [1.82, 2.24) is 5.32 Å². The Morgan fingerprint density at radius 2 is 1.71 bits per heavy atom. The normalized spacial score (nSPS) is 13.3. The number of carbonyl (C=O) groups is 3. The van der Waals surface area contributed by atoms with Crippen LogP contribution in [0.1, 0.15) is 43.6 Å². The Hall–Kier alpha value is -3.55. The summed E-state index contributed by atoms with van der Waals surface area (Å²) in [5, 5.41) is 5.17. The highest BCUT2D eigenvalue weighted by Crippen LogP contribution is 2.32. The molecule has 8 heteroatoms. The van der Waals surface area contributed by atoms with E-state index in [1.807, 2.05) is 12.1 Å². The number of esters is 1. The van der Waals surface area contributed by atoms with E-state index in [4.69, 9.17) is 14.2 Å². The van der Waals surface area contributed by atoms with Gasteiger partial charge in [0.1, 0.15) is 6.54 Å². The standard InChI is InChI=1S/C23H26N2O6/c1-14(21(27)25-17-8-6-16(7-9-17)23(2,3)4)31-20(26)12-24-22(28)15-5-10-18-19(11-15)30-13-29-18/h5-11,14H,12-13H2,1-4H3,(H,24,28)(H,25,27). The first-order valence-corrected chi connectivity index (χ1v) is 9.92.